The summed E-state index contributed by atoms with van der Waals surface area (Å²) in [5, 5.41) is 2.42. The van der Waals surface area contributed by atoms with Crippen LogP contribution < -0.4 is 5.32 Å². The SMILES string of the molecule is CSCc1cc(F)ccc1CNC(=O)CCC(F)(F)F. The highest BCUT2D eigenvalue weighted by Gasteiger charge is 2.27. The number of halogens is 4. The van der Waals surface area contributed by atoms with E-state index in [1.54, 1.807) is 0 Å². The summed E-state index contributed by atoms with van der Waals surface area (Å²) in [5.74, 6) is -0.464. The van der Waals surface area contributed by atoms with Gasteiger partial charge in [-0.2, -0.15) is 24.9 Å². The van der Waals surface area contributed by atoms with Crippen LogP contribution in [0.2, 0.25) is 0 Å². The molecule has 0 atom stereocenters. The molecule has 0 bridgehead atoms. The van der Waals surface area contributed by atoms with Crippen LogP contribution in [0.25, 0.3) is 0 Å². The van der Waals surface area contributed by atoms with Gasteiger partial charge in [0.1, 0.15) is 5.82 Å². The molecule has 20 heavy (non-hydrogen) atoms. The number of benzene rings is 1. The van der Waals surface area contributed by atoms with Crippen molar-refractivity contribution in [3.8, 4) is 0 Å². The normalized spacial score (nSPS) is 11.4. The van der Waals surface area contributed by atoms with Crippen molar-refractivity contribution in [2.24, 2.45) is 0 Å². The minimum absolute atomic E-state index is 0.104. The molecule has 0 aliphatic rings. The van der Waals surface area contributed by atoms with Crippen LogP contribution in [0.5, 0.6) is 0 Å². The summed E-state index contributed by atoms with van der Waals surface area (Å²) in [7, 11) is 0. The molecule has 2 nitrogen and oxygen atoms in total. The number of hydrogen-bond donors (Lipinski definition) is 1. The Labute approximate surface area is 118 Å². The van der Waals surface area contributed by atoms with Gasteiger partial charge in [0.25, 0.3) is 0 Å². The number of carbonyl (C=O) groups excluding carboxylic acids is 1. The Hall–Kier alpha value is -1.24. The van der Waals surface area contributed by atoms with E-state index in [0.29, 0.717) is 11.3 Å². The van der Waals surface area contributed by atoms with E-state index in [4.69, 9.17) is 0 Å². The summed E-state index contributed by atoms with van der Waals surface area (Å²) >= 11 is 1.50. The zero-order valence-electron chi connectivity index (χ0n) is 10.9. The second-order valence-corrected chi connectivity index (χ2v) is 5.10. The maximum absolute atomic E-state index is 13.1. The second kappa shape index (κ2) is 7.52. The van der Waals surface area contributed by atoms with Gasteiger partial charge in [-0.1, -0.05) is 6.07 Å². The predicted octanol–water partition coefficient (Wildman–Crippen LogP) is 3.65. The maximum atomic E-state index is 13.1. The fourth-order valence-corrected chi connectivity index (χ4v) is 2.17. The van der Waals surface area contributed by atoms with Gasteiger partial charge in [-0.25, -0.2) is 4.39 Å². The van der Waals surface area contributed by atoms with Gasteiger partial charge in [0.2, 0.25) is 5.91 Å². The third-order valence-electron chi connectivity index (χ3n) is 2.58. The standard InChI is InChI=1S/C13H15F4NOS/c1-20-8-10-6-11(14)3-2-9(10)7-18-12(19)4-5-13(15,16)17/h2-3,6H,4-5,7-8H2,1H3,(H,18,19). The van der Waals surface area contributed by atoms with Crippen molar-refractivity contribution >= 4 is 17.7 Å². The fraction of sp³-hybridized carbons (Fsp3) is 0.462. The van der Waals surface area contributed by atoms with Crippen LogP contribution in [-0.4, -0.2) is 18.3 Å². The first-order chi connectivity index (χ1) is 9.31. The topological polar surface area (TPSA) is 29.1 Å². The Morgan fingerprint density at radius 2 is 2.00 bits per heavy atom. The molecule has 0 saturated heterocycles. The third-order valence-corrected chi connectivity index (χ3v) is 3.18. The zero-order chi connectivity index (χ0) is 15.2. The quantitative estimate of drug-likeness (QED) is 0.813. The highest BCUT2D eigenvalue weighted by Crippen LogP contribution is 2.21. The lowest BCUT2D eigenvalue weighted by molar-refractivity contribution is -0.144. The molecule has 1 N–H and O–H groups in total. The first kappa shape index (κ1) is 16.8. The molecule has 7 heteroatoms. The maximum Gasteiger partial charge on any atom is 0.389 e. The number of amides is 1. The Morgan fingerprint density at radius 1 is 1.30 bits per heavy atom. The van der Waals surface area contributed by atoms with Gasteiger partial charge in [-0.05, 0) is 29.5 Å². The molecule has 0 unspecified atom stereocenters. The van der Waals surface area contributed by atoms with E-state index >= 15 is 0 Å². The number of rotatable bonds is 6. The van der Waals surface area contributed by atoms with Crippen LogP contribution in [0.3, 0.4) is 0 Å². The molecular weight excluding hydrogens is 294 g/mol. The van der Waals surface area contributed by atoms with Crippen molar-refractivity contribution in [3.63, 3.8) is 0 Å². The van der Waals surface area contributed by atoms with Crippen molar-refractivity contribution in [3.05, 3.63) is 35.1 Å². The summed E-state index contributed by atoms with van der Waals surface area (Å²) in [5.41, 5.74) is 1.44. The predicted molar refractivity (Wildman–Crippen MR) is 70.8 cm³/mol. The Kier molecular flexibility index (Phi) is 6.32. The molecule has 1 amide bonds. The zero-order valence-corrected chi connectivity index (χ0v) is 11.7. The fourth-order valence-electron chi connectivity index (χ4n) is 1.59. The van der Waals surface area contributed by atoms with Crippen LogP contribution in [0, 0.1) is 5.82 Å². The molecule has 0 fully saturated rings. The minimum atomic E-state index is -4.34. The molecule has 1 aromatic rings. The van der Waals surface area contributed by atoms with Gasteiger partial charge < -0.3 is 5.32 Å². The summed E-state index contributed by atoms with van der Waals surface area (Å²) < 4.78 is 49.0. The van der Waals surface area contributed by atoms with Crippen LogP contribution >= 0.6 is 11.8 Å². The summed E-state index contributed by atoms with van der Waals surface area (Å²) in [6.45, 7) is 0.104. The molecule has 0 saturated carbocycles. The van der Waals surface area contributed by atoms with Crippen molar-refractivity contribution in [2.45, 2.75) is 31.3 Å². The van der Waals surface area contributed by atoms with Gasteiger partial charge >= 0.3 is 6.18 Å². The Balaban J connectivity index is 2.54. The summed E-state index contributed by atoms with van der Waals surface area (Å²) in [6.07, 6.45) is -4.21. The third kappa shape index (κ3) is 6.27. The smallest absolute Gasteiger partial charge is 0.352 e. The van der Waals surface area contributed by atoms with Crippen LogP contribution in [0.15, 0.2) is 18.2 Å². The van der Waals surface area contributed by atoms with Gasteiger partial charge in [0.05, 0.1) is 6.42 Å². The molecule has 0 aromatic heterocycles. The molecule has 1 rings (SSSR count). The highest BCUT2D eigenvalue weighted by molar-refractivity contribution is 7.97. The van der Waals surface area contributed by atoms with E-state index in [9.17, 15) is 22.4 Å². The van der Waals surface area contributed by atoms with Crippen molar-refractivity contribution in [1.82, 2.24) is 5.32 Å². The largest absolute Gasteiger partial charge is 0.389 e. The lowest BCUT2D eigenvalue weighted by atomic mass is 10.1. The molecule has 0 aliphatic heterocycles. The van der Waals surface area contributed by atoms with Gasteiger partial charge in [-0.15, -0.1) is 0 Å². The summed E-state index contributed by atoms with van der Waals surface area (Å²) in [4.78, 5) is 11.3. The van der Waals surface area contributed by atoms with E-state index in [1.165, 1.54) is 30.0 Å². The van der Waals surface area contributed by atoms with Gasteiger partial charge in [0, 0.05) is 18.7 Å². The Bertz CT molecular complexity index is 462. The molecule has 0 radical (unpaired) electrons. The molecular formula is C13H15F4NOS. The van der Waals surface area contributed by atoms with Crippen LogP contribution in [0.1, 0.15) is 24.0 Å². The highest BCUT2D eigenvalue weighted by atomic mass is 32.2. The van der Waals surface area contributed by atoms with E-state index in [1.807, 2.05) is 6.26 Å². The van der Waals surface area contributed by atoms with E-state index in [-0.39, 0.29) is 12.4 Å². The van der Waals surface area contributed by atoms with Crippen molar-refractivity contribution < 1.29 is 22.4 Å². The Morgan fingerprint density at radius 3 is 2.60 bits per heavy atom. The number of carbonyl (C=O) groups is 1. The van der Waals surface area contributed by atoms with Crippen molar-refractivity contribution in [2.75, 3.05) is 6.26 Å². The number of alkyl halides is 3. The monoisotopic (exact) mass is 309 g/mol. The lowest BCUT2D eigenvalue weighted by Crippen LogP contribution is -2.25. The average molecular weight is 309 g/mol. The lowest BCUT2D eigenvalue weighted by Gasteiger charge is -2.11. The molecule has 0 heterocycles. The number of nitrogens with one attached hydrogen (secondary N) is 1. The van der Waals surface area contributed by atoms with Gasteiger partial charge in [-0.3, -0.25) is 4.79 Å². The first-order valence-corrected chi connectivity index (χ1v) is 7.31. The molecule has 1 aromatic carbocycles. The molecule has 0 aliphatic carbocycles. The molecule has 0 spiro atoms. The van der Waals surface area contributed by atoms with E-state index < -0.39 is 24.9 Å². The molecule has 112 valence electrons. The van der Waals surface area contributed by atoms with Gasteiger partial charge in [0.15, 0.2) is 0 Å². The van der Waals surface area contributed by atoms with Crippen LogP contribution in [0.4, 0.5) is 17.6 Å². The second-order valence-electron chi connectivity index (χ2n) is 4.24. The van der Waals surface area contributed by atoms with Crippen LogP contribution in [-0.2, 0) is 17.1 Å². The summed E-state index contributed by atoms with van der Waals surface area (Å²) in [6, 6.07) is 4.17. The van der Waals surface area contributed by atoms with E-state index in [0.717, 1.165) is 5.56 Å². The number of hydrogen-bond acceptors (Lipinski definition) is 2. The number of thioether (sulfide) groups is 1. The average Bonchev–Trinajstić information content (AvgIpc) is 2.35. The van der Waals surface area contributed by atoms with E-state index in [2.05, 4.69) is 5.32 Å². The first-order valence-electron chi connectivity index (χ1n) is 5.91. The minimum Gasteiger partial charge on any atom is -0.352 e. The van der Waals surface area contributed by atoms with Crippen molar-refractivity contribution in [1.29, 1.82) is 0 Å².